The smallest absolute Gasteiger partial charge is 0.287 e. The Morgan fingerprint density at radius 3 is 2.88 bits per heavy atom. The Hall–Kier alpha value is -1.78. The molecule has 2 unspecified atom stereocenters. The number of hydrogen-bond acceptors (Lipinski definition) is 3. The molecule has 0 aromatic carbocycles. The van der Waals surface area contributed by atoms with Gasteiger partial charge < -0.3 is 14.6 Å². The fraction of sp³-hybridized carbons (Fsp3) is 0.714. The van der Waals surface area contributed by atoms with Crippen molar-refractivity contribution in [2.75, 3.05) is 13.1 Å². The zero-order valence-corrected chi connectivity index (χ0v) is 15.9. The van der Waals surface area contributed by atoms with E-state index in [1.165, 1.54) is 6.42 Å². The Balaban J connectivity index is 1.45. The highest BCUT2D eigenvalue weighted by atomic mass is 16.3. The molecule has 2 aliphatic carbocycles. The minimum absolute atomic E-state index is 0.0423. The maximum absolute atomic E-state index is 12.8. The minimum atomic E-state index is -0.114. The monoisotopic (exact) mass is 358 g/mol. The van der Waals surface area contributed by atoms with Crippen LogP contribution in [0.25, 0.3) is 0 Å². The zero-order valence-electron chi connectivity index (χ0n) is 15.9. The van der Waals surface area contributed by atoms with E-state index in [0.717, 1.165) is 57.2 Å². The summed E-state index contributed by atoms with van der Waals surface area (Å²) in [5.74, 6) is 1.52. The molecule has 0 bridgehead atoms. The van der Waals surface area contributed by atoms with Crippen molar-refractivity contribution < 1.29 is 14.0 Å². The van der Waals surface area contributed by atoms with Crippen molar-refractivity contribution in [3.63, 3.8) is 0 Å². The molecule has 2 saturated carbocycles. The number of nitrogens with zero attached hydrogens (tertiary/aromatic N) is 1. The molecule has 1 aromatic rings. The standard InChI is InChI=1S/C21H30N2O3/c1-3-15-12-16(15)20(25)23-10-9-21(13-23)8-5-4-6-17(21)22-19(24)18-14(2)7-11-26-18/h7,11,15-17H,3-6,8-10,12-13H2,1-2H3,(H,22,24)/t15-,16-,17?,21?/m1/s1. The molecule has 5 nitrogen and oxygen atoms in total. The van der Waals surface area contributed by atoms with Crippen LogP contribution in [0.2, 0.25) is 0 Å². The average molecular weight is 358 g/mol. The van der Waals surface area contributed by atoms with Gasteiger partial charge in [-0.3, -0.25) is 9.59 Å². The summed E-state index contributed by atoms with van der Waals surface area (Å²) in [6.07, 6.45) is 9.16. The van der Waals surface area contributed by atoms with Crippen LogP contribution in [-0.4, -0.2) is 35.8 Å². The summed E-state index contributed by atoms with van der Waals surface area (Å²) in [4.78, 5) is 27.5. The zero-order chi connectivity index (χ0) is 18.3. The van der Waals surface area contributed by atoms with Crippen molar-refractivity contribution >= 4 is 11.8 Å². The van der Waals surface area contributed by atoms with Crippen LogP contribution in [0, 0.1) is 24.2 Å². The summed E-state index contributed by atoms with van der Waals surface area (Å²) in [5.41, 5.74) is 0.913. The highest BCUT2D eigenvalue weighted by molar-refractivity contribution is 5.93. The topological polar surface area (TPSA) is 62.6 Å². The SMILES string of the molecule is CC[C@@H]1C[C@H]1C(=O)N1CCC2(CCCCC2NC(=O)c2occc2C)C1. The van der Waals surface area contributed by atoms with E-state index < -0.39 is 0 Å². The number of hydrogen-bond donors (Lipinski definition) is 1. The molecule has 1 aromatic heterocycles. The highest BCUT2D eigenvalue weighted by Crippen LogP contribution is 2.47. The van der Waals surface area contributed by atoms with Crippen molar-refractivity contribution in [1.82, 2.24) is 10.2 Å². The lowest BCUT2D eigenvalue weighted by atomic mass is 9.69. The lowest BCUT2D eigenvalue weighted by Crippen LogP contribution is -2.51. The summed E-state index contributed by atoms with van der Waals surface area (Å²) < 4.78 is 5.37. The second-order valence-corrected chi connectivity index (χ2v) is 8.59. The van der Waals surface area contributed by atoms with E-state index in [1.807, 2.05) is 13.0 Å². The van der Waals surface area contributed by atoms with Gasteiger partial charge in [-0.15, -0.1) is 0 Å². The van der Waals surface area contributed by atoms with Gasteiger partial charge in [-0.25, -0.2) is 0 Å². The van der Waals surface area contributed by atoms with Crippen molar-refractivity contribution in [1.29, 1.82) is 0 Å². The largest absolute Gasteiger partial charge is 0.459 e. The number of carbonyl (C=O) groups excluding carboxylic acids is 2. The average Bonchev–Trinajstić information content (AvgIpc) is 3.12. The predicted octanol–water partition coefficient (Wildman–Crippen LogP) is 3.53. The third-order valence-electron chi connectivity index (χ3n) is 6.99. The Bertz CT molecular complexity index is 697. The molecule has 26 heavy (non-hydrogen) atoms. The van der Waals surface area contributed by atoms with Gasteiger partial charge in [0.25, 0.3) is 5.91 Å². The van der Waals surface area contributed by atoms with E-state index in [4.69, 9.17) is 4.42 Å². The first kappa shape index (κ1) is 17.6. The van der Waals surface area contributed by atoms with Gasteiger partial charge in [0.05, 0.1) is 6.26 Å². The number of rotatable bonds is 4. The number of likely N-dealkylation sites (tertiary alicyclic amines) is 1. The van der Waals surface area contributed by atoms with Crippen LogP contribution in [0.15, 0.2) is 16.7 Å². The molecule has 1 spiro atoms. The fourth-order valence-corrected chi connectivity index (χ4v) is 5.17. The Labute approximate surface area is 155 Å². The molecule has 4 rings (SSSR count). The number of nitrogens with one attached hydrogen (secondary N) is 1. The van der Waals surface area contributed by atoms with Crippen molar-refractivity contribution in [2.45, 2.75) is 64.8 Å². The van der Waals surface area contributed by atoms with E-state index in [9.17, 15) is 9.59 Å². The number of furan rings is 1. The van der Waals surface area contributed by atoms with Crippen LogP contribution in [0.1, 0.15) is 68.0 Å². The first-order chi connectivity index (χ1) is 12.5. The van der Waals surface area contributed by atoms with E-state index >= 15 is 0 Å². The second-order valence-electron chi connectivity index (χ2n) is 8.59. The number of carbonyl (C=O) groups is 2. The quantitative estimate of drug-likeness (QED) is 0.896. The molecule has 1 aliphatic heterocycles. The third-order valence-corrected chi connectivity index (χ3v) is 6.99. The summed E-state index contributed by atoms with van der Waals surface area (Å²) in [6.45, 7) is 5.72. The summed E-state index contributed by atoms with van der Waals surface area (Å²) in [6, 6.07) is 1.95. The Kier molecular flexibility index (Phi) is 4.57. The summed E-state index contributed by atoms with van der Waals surface area (Å²) >= 11 is 0. The molecule has 0 radical (unpaired) electrons. The first-order valence-electron chi connectivity index (χ1n) is 10.2. The molecule has 2 heterocycles. The first-order valence-corrected chi connectivity index (χ1v) is 10.2. The van der Waals surface area contributed by atoms with Crippen LogP contribution < -0.4 is 5.32 Å². The molecule has 3 aliphatic rings. The Morgan fingerprint density at radius 1 is 1.35 bits per heavy atom. The maximum atomic E-state index is 12.8. The highest BCUT2D eigenvalue weighted by Gasteiger charge is 2.51. The van der Waals surface area contributed by atoms with Gasteiger partial charge in [-0.2, -0.15) is 0 Å². The normalized spacial score (nSPS) is 33.5. The van der Waals surface area contributed by atoms with Gasteiger partial charge in [-0.1, -0.05) is 26.2 Å². The number of amides is 2. The maximum Gasteiger partial charge on any atom is 0.287 e. The number of aryl methyl sites for hydroxylation is 1. The van der Waals surface area contributed by atoms with Gasteiger partial charge in [0.15, 0.2) is 5.76 Å². The van der Waals surface area contributed by atoms with Crippen molar-refractivity contribution in [3.8, 4) is 0 Å². The van der Waals surface area contributed by atoms with E-state index in [1.54, 1.807) is 6.26 Å². The van der Waals surface area contributed by atoms with Crippen LogP contribution in [-0.2, 0) is 4.79 Å². The molecule has 1 saturated heterocycles. The fourth-order valence-electron chi connectivity index (χ4n) is 5.17. The van der Waals surface area contributed by atoms with E-state index in [-0.39, 0.29) is 23.3 Å². The minimum Gasteiger partial charge on any atom is -0.459 e. The van der Waals surface area contributed by atoms with E-state index in [2.05, 4.69) is 17.1 Å². The molecule has 3 fully saturated rings. The molecule has 1 N–H and O–H groups in total. The summed E-state index contributed by atoms with van der Waals surface area (Å²) in [5, 5.41) is 3.25. The molecule has 2 amide bonds. The van der Waals surface area contributed by atoms with Crippen LogP contribution >= 0.6 is 0 Å². The molecule has 5 heteroatoms. The van der Waals surface area contributed by atoms with Gasteiger partial charge in [0.1, 0.15) is 0 Å². The van der Waals surface area contributed by atoms with Crippen LogP contribution in [0.3, 0.4) is 0 Å². The molecule has 142 valence electrons. The second kappa shape index (κ2) is 6.75. The van der Waals surface area contributed by atoms with Gasteiger partial charge in [-0.05, 0) is 44.6 Å². The van der Waals surface area contributed by atoms with Crippen LogP contribution in [0.5, 0.6) is 0 Å². The van der Waals surface area contributed by atoms with Crippen molar-refractivity contribution in [3.05, 3.63) is 23.7 Å². The Morgan fingerprint density at radius 2 is 2.19 bits per heavy atom. The molecular formula is C21H30N2O3. The third kappa shape index (κ3) is 3.06. The predicted molar refractivity (Wildman–Crippen MR) is 98.7 cm³/mol. The van der Waals surface area contributed by atoms with Crippen LogP contribution in [0.4, 0.5) is 0 Å². The molecular weight excluding hydrogens is 328 g/mol. The van der Waals surface area contributed by atoms with Gasteiger partial charge in [0.2, 0.25) is 5.91 Å². The lowest BCUT2D eigenvalue weighted by molar-refractivity contribution is -0.132. The van der Waals surface area contributed by atoms with E-state index in [0.29, 0.717) is 17.6 Å². The summed E-state index contributed by atoms with van der Waals surface area (Å²) in [7, 11) is 0. The van der Waals surface area contributed by atoms with Gasteiger partial charge in [0, 0.05) is 36.0 Å². The molecule has 4 atom stereocenters. The van der Waals surface area contributed by atoms with Gasteiger partial charge >= 0.3 is 0 Å². The van der Waals surface area contributed by atoms with Crippen molar-refractivity contribution in [2.24, 2.45) is 17.3 Å². The lowest BCUT2D eigenvalue weighted by Gasteiger charge is -2.41.